The van der Waals surface area contributed by atoms with Crippen LogP contribution in [0.1, 0.15) is 33.7 Å². The average Bonchev–Trinajstić information content (AvgIpc) is 2.26. The first-order valence-corrected chi connectivity index (χ1v) is 4.29. The highest BCUT2D eigenvalue weighted by atomic mass is 19.3. The van der Waals surface area contributed by atoms with Crippen molar-refractivity contribution in [3.05, 3.63) is 28.6 Å². The maximum atomic E-state index is 12.4. The van der Waals surface area contributed by atoms with Crippen LogP contribution in [0.2, 0.25) is 0 Å². The minimum atomic E-state index is -2.78. The summed E-state index contributed by atoms with van der Waals surface area (Å²) in [6.45, 7) is 1.37. The van der Waals surface area contributed by atoms with E-state index in [-0.39, 0.29) is 16.8 Å². The molecule has 0 saturated heterocycles. The van der Waals surface area contributed by atoms with Crippen LogP contribution in [-0.4, -0.2) is 18.1 Å². The van der Waals surface area contributed by atoms with Crippen molar-refractivity contribution in [2.75, 3.05) is 7.11 Å². The molecule has 1 rings (SSSR count). The first kappa shape index (κ1) is 12.0. The van der Waals surface area contributed by atoms with Gasteiger partial charge in [0.2, 0.25) is 0 Å². The van der Waals surface area contributed by atoms with E-state index in [0.717, 1.165) is 13.2 Å². The van der Waals surface area contributed by atoms with E-state index in [1.165, 1.54) is 6.92 Å². The topological polar surface area (TPSA) is 63.0 Å². The molecule has 0 atom stereocenters. The zero-order chi connectivity index (χ0) is 12.3. The molecule has 0 amide bonds. The number of carbonyl (C=O) groups excluding carboxylic acids is 1. The standard InChI is InChI=1S/C10H8F2N2O2/c1-5-8(10(15)16-2)6(4-13)3-7(14-5)9(11)12/h3,9H,1-2H3. The molecule has 0 spiro atoms. The third-order valence-electron chi connectivity index (χ3n) is 1.95. The molecular formula is C10H8F2N2O2. The van der Waals surface area contributed by atoms with Gasteiger partial charge in [-0.25, -0.2) is 13.6 Å². The summed E-state index contributed by atoms with van der Waals surface area (Å²) in [5, 5.41) is 8.76. The number of aromatic nitrogens is 1. The lowest BCUT2D eigenvalue weighted by molar-refractivity contribution is 0.0598. The molecule has 6 heteroatoms. The van der Waals surface area contributed by atoms with Gasteiger partial charge in [0.1, 0.15) is 11.8 Å². The molecule has 0 radical (unpaired) electrons. The summed E-state index contributed by atoms with van der Waals surface area (Å²) < 4.78 is 29.2. The van der Waals surface area contributed by atoms with E-state index in [9.17, 15) is 13.6 Å². The highest BCUT2D eigenvalue weighted by Crippen LogP contribution is 2.21. The number of alkyl halides is 2. The molecule has 1 aromatic heterocycles. The van der Waals surface area contributed by atoms with Gasteiger partial charge in [-0.05, 0) is 13.0 Å². The Bertz CT molecular complexity index is 467. The van der Waals surface area contributed by atoms with Gasteiger partial charge in [0.15, 0.2) is 0 Å². The van der Waals surface area contributed by atoms with Crippen molar-refractivity contribution in [3.8, 4) is 6.07 Å². The number of hydrogen-bond acceptors (Lipinski definition) is 4. The van der Waals surface area contributed by atoms with Crippen LogP contribution >= 0.6 is 0 Å². The Morgan fingerprint density at radius 2 is 2.25 bits per heavy atom. The Morgan fingerprint density at radius 3 is 2.69 bits per heavy atom. The Kier molecular flexibility index (Phi) is 3.51. The van der Waals surface area contributed by atoms with Crippen molar-refractivity contribution in [1.82, 2.24) is 4.98 Å². The number of carbonyl (C=O) groups is 1. The first-order valence-electron chi connectivity index (χ1n) is 4.29. The molecular weight excluding hydrogens is 218 g/mol. The van der Waals surface area contributed by atoms with Gasteiger partial charge < -0.3 is 4.74 Å². The van der Waals surface area contributed by atoms with Crippen LogP contribution < -0.4 is 0 Å². The Morgan fingerprint density at radius 1 is 1.62 bits per heavy atom. The first-order chi connectivity index (χ1) is 7.51. The molecule has 0 aliphatic rings. The lowest BCUT2D eigenvalue weighted by atomic mass is 10.1. The lowest BCUT2D eigenvalue weighted by Crippen LogP contribution is -2.10. The van der Waals surface area contributed by atoms with Crippen molar-refractivity contribution in [3.63, 3.8) is 0 Å². The summed E-state index contributed by atoms with van der Waals surface area (Å²) in [5.41, 5.74) is -0.702. The summed E-state index contributed by atoms with van der Waals surface area (Å²) >= 11 is 0. The van der Waals surface area contributed by atoms with Crippen LogP contribution in [0.4, 0.5) is 8.78 Å². The van der Waals surface area contributed by atoms with E-state index in [1.807, 2.05) is 0 Å². The van der Waals surface area contributed by atoms with Gasteiger partial charge in [-0.3, -0.25) is 4.98 Å². The molecule has 1 heterocycles. The van der Waals surface area contributed by atoms with Crippen molar-refractivity contribution in [1.29, 1.82) is 5.26 Å². The molecule has 0 unspecified atom stereocenters. The molecule has 1 aromatic rings. The Labute approximate surface area is 90.5 Å². The van der Waals surface area contributed by atoms with Crippen LogP contribution in [0, 0.1) is 18.3 Å². The molecule has 0 bridgehead atoms. The molecule has 0 aliphatic carbocycles. The van der Waals surface area contributed by atoms with Crippen molar-refractivity contribution in [2.24, 2.45) is 0 Å². The number of esters is 1. The van der Waals surface area contributed by atoms with E-state index in [2.05, 4.69) is 9.72 Å². The fourth-order valence-electron chi connectivity index (χ4n) is 1.26. The molecule has 4 nitrogen and oxygen atoms in total. The van der Waals surface area contributed by atoms with Gasteiger partial charge in [0.05, 0.1) is 23.9 Å². The summed E-state index contributed by atoms with van der Waals surface area (Å²) in [7, 11) is 1.14. The van der Waals surface area contributed by atoms with E-state index in [1.54, 1.807) is 6.07 Å². The molecule has 0 aliphatic heterocycles. The van der Waals surface area contributed by atoms with Crippen molar-refractivity contribution in [2.45, 2.75) is 13.3 Å². The fraction of sp³-hybridized carbons (Fsp3) is 0.300. The number of methoxy groups -OCH3 is 1. The van der Waals surface area contributed by atoms with E-state index in [0.29, 0.717) is 0 Å². The van der Waals surface area contributed by atoms with Gasteiger partial charge in [0, 0.05) is 0 Å². The Hall–Kier alpha value is -2.03. The highest BCUT2D eigenvalue weighted by molar-refractivity contribution is 5.93. The summed E-state index contributed by atoms with van der Waals surface area (Å²) in [5.74, 6) is -0.762. The zero-order valence-electron chi connectivity index (χ0n) is 8.62. The van der Waals surface area contributed by atoms with Crippen LogP contribution in [0.25, 0.3) is 0 Å². The highest BCUT2D eigenvalue weighted by Gasteiger charge is 2.20. The number of nitriles is 1. The van der Waals surface area contributed by atoms with Crippen LogP contribution in [0.15, 0.2) is 6.07 Å². The van der Waals surface area contributed by atoms with E-state index >= 15 is 0 Å². The van der Waals surface area contributed by atoms with Crippen molar-refractivity contribution < 1.29 is 18.3 Å². The van der Waals surface area contributed by atoms with Gasteiger partial charge in [-0.2, -0.15) is 5.26 Å². The number of nitrogens with zero attached hydrogens (tertiary/aromatic N) is 2. The smallest absolute Gasteiger partial charge is 0.341 e. The SMILES string of the molecule is COC(=O)c1c(C#N)cc(C(F)F)nc1C. The summed E-state index contributed by atoms with van der Waals surface area (Å²) in [6.07, 6.45) is -2.78. The van der Waals surface area contributed by atoms with Gasteiger partial charge in [-0.15, -0.1) is 0 Å². The quantitative estimate of drug-likeness (QED) is 0.723. The zero-order valence-corrected chi connectivity index (χ0v) is 8.62. The molecule has 0 N–H and O–H groups in total. The maximum absolute atomic E-state index is 12.4. The monoisotopic (exact) mass is 226 g/mol. The average molecular weight is 226 g/mol. The molecule has 0 fully saturated rings. The summed E-state index contributed by atoms with van der Waals surface area (Å²) in [4.78, 5) is 14.8. The molecule has 16 heavy (non-hydrogen) atoms. The van der Waals surface area contributed by atoms with Gasteiger partial charge >= 0.3 is 5.97 Å². The second-order valence-electron chi connectivity index (χ2n) is 2.96. The van der Waals surface area contributed by atoms with Gasteiger partial charge in [-0.1, -0.05) is 0 Å². The fourth-order valence-corrected chi connectivity index (χ4v) is 1.26. The largest absolute Gasteiger partial charge is 0.465 e. The third-order valence-corrected chi connectivity index (χ3v) is 1.95. The molecule has 0 aromatic carbocycles. The van der Waals surface area contributed by atoms with Crippen LogP contribution in [0.3, 0.4) is 0 Å². The maximum Gasteiger partial charge on any atom is 0.341 e. The number of rotatable bonds is 2. The summed E-state index contributed by atoms with van der Waals surface area (Å²) in [6, 6.07) is 2.57. The molecule has 0 saturated carbocycles. The van der Waals surface area contributed by atoms with Crippen LogP contribution in [-0.2, 0) is 4.74 Å². The number of hydrogen-bond donors (Lipinski definition) is 0. The Balaban J connectivity index is 3.42. The van der Waals surface area contributed by atoms with Gasteiger partial charge in [0.25, 0.3) is 6.43 Å². The lowest BCUT2D eigenvalue weighted by Gasteiger charge is -2.07. The minimum absolute atomic E-state index is 0.0567. The normalized spacial score (nSPS) is 10.0. The predicted octanol–water partition coefficient (Wildman–Crippen LogP) is 1.99. The van der Waals surface area contributed by atoms with Crippen molar-refractivity contribution >= 4 is 5.97 Å². The van der Waals surface area contributed by atoms with E-state index < -0.39 is 18.1 Å². The number of ether oxygens (including phenoxy) is 1. The molecule has 84 valence electrons. The number of aryl methyl sites for hydroxylation is 1. The second kappa shape index (κ2) is 4.66. The second-order valence-corrected chi connectivity index (χ2v) is 2.96. The minimum Gasteiger partial charge on any atom is -0.465 e. The van der Waals surface area contributed by atoms with E-state index in [4.69, 9.17) is 5.26 Å². The van der Waals surface area contributed by atoms with Crippen LogP contribution in [0.5, 0.6) is 0 Å². The third kappa shape index (κ3) is 2.14. The predicted molar refractivity (Wildman–Crippen MR) is 50.0 cm³/mol. The number of halogens is 2. The number of pyridine rings is 1.